The van der Waals surface area contributed by atoms with Crippen molar-refractivity contribution < 1.29 is 38.1 Å². The molecule has 1 heterocycles. The first-order valence-electron chi connectivity index (χ1n) is 8.75. The first-order valence-corrected chi connectivity index (χ1v) is 8.75. The summed E-state index contributed by atoms with van der Waals surface area (Å²) in [5.74, 6) is -2.41. The van der Waals surface area contributed by atoms with Crippen LogP contribution < -0.4 is 0 Å². The quantitative estimate of drug-likeness (QED) is 0.245. The van der Waals surface area contributed by atoms with Crippen LogP contribution in [0.1, 0.15) is 0 Å². The maximum atomic E-state index is 11.4. The highest BCUT2D eigenvalue weighted by Gasteiger charge is 2.17. The number of carbonyl (C=O) groups excluding carboxylic acids is 4. The van der Waals surface area contributed by atoms with Crippen LogP contribution in [0, 0.1) is 0 Å². The fraction of sp³-hybridized carbons (Fsp3) is 0.556. The zero-order valence-corrected chi connectivity index (χ0v) is 18.6. The average Bonchev–Trinajstić information content (AvgIpc) is 2.71. The Balaban J connectivity index is 0. The van der Waals surface area contributed by atoms with E-state index in [0.29, 0.717) is 13.1 Å². The normalized spacial score (nSPS) is 14.5. The highest BCUT2D eigenvalue weighted by atomic mass is 35.5. The van der Waals surface area contributed by atoms with Gasteiger partial charge in [-0.2, -0.15) is 0 Å². The lowest BCUT2D eigenvalue weighted by molar-refractivity contribution is -0.140. The van der Waals surface area contributed by atoms with E-state index >= 15 is 0 Å². The number of esters is 4. The molecule has 1 saturated heterocycles. The van der Waals surface area contributed by atoms with E-state index in [2.05, 4.69) is 19.3 Å². The smallest absolute Gasteiger partial charge is 0.331 e. The molecule has 0 radical (unpaired) electrons. The number of carbonyl (C=O) groups is 4. The van der Waals surface area contributed by atoms with E-state index in [1.54, 1.807) is 0 Å². The van der Waals surface area contributed by atoms with E-state index in [-0.39, 0.29) is 38.0 Å². The summed E-state index contributed by atoms with van der Waals surface area (Å²) in [5.41, 5.74) is 0. The molecule has 0 atom stereocenters. The van der Waals surface area contributed by atoms with Crippen molar-refractivity contribution in [2.45, 2.75) is 0 Å². The van der Waals surface area contributed by atoms with Gasteiger partial charge in [-0.15, -0.1) is 24.8 Å². The van der Waals surface area contributed by atoms with Crippen LogP contribution in [0.25, 0.3) is 0 Å². The van der Waals surface area contributed by atoms with Gasteiger partial charge >= 0.3 is 23.9 Å². The highest BCUT2D eigenvalue weighted by Crippen LogP contribution is 2.01. The van der Waals surface area contributed by atoms with Crippen molar-refractivity contribution in [3.8, 4) is 0 Å². The molecule has 10 nitrogen and oxygen atoms in total. The third-order valence-electron chi connectivity index (χ3n) is 3.88. The molecule has 0 aromatic carbocycles. The van der Waals surface area contributed by atoms with Crippen molar-refractivity contribution in [2.75, 3.05) is 66.7 Å². The van der Waals surface area contributed by atoms with Crippen molar-refractivity contribution in [1.82, 2.24) is 9.80 Å². The Morgan fingerprint density at radius 1 is 0.633 bits per heavy atom. The Kier molecular flexibility index (Phi) is 17.7. The fourth-order valence-corrected chi connectivity index (χ4v) is 2.29. The molecule has 0 aliphatic carbocycles. The molecule has 0 amide bonds. The van der Waals surface area contributed by atoms with E-state index in [0.717, 1.165) is 50.5 Å². The van der Waals surface area contributed by atoms with Gasteiger partial charge in [-0.1, -0.05) is 0 Å². The van der Waals surface area contributed by atoms with Crippen LogP contribution in [0.4, 0.5) is 0 Å². The lowest BCUT2D eigenvalue weighted by Crippen LogP contribution is -2.48. The SMILES string of the molecule is COC(=O)C=CC(=O)OCCN1CCN(CCOC(=O)/C=C/C(=O)OC)CC1.Cl.Cl. The Hall–Kier alpha value is -2.14. The number of rotatable bonds is 10. The number of piperazine rings is 1. The molecule has 1 aliphatic rings. The maximum Gasteiger partial charge on any atom is 0.331 e. The second kappa shape index (κ2) is 17.7. The average molecular weight is 471 g/mol. The third kappa shape index (κ3) is 13.9. The van der Waals surface area contributed by atoms with Crippen LogP contribution in [0.5, 0.6) is 0 Å². The molecule has 0 aromatic heterocycles. The van der Waals surface area contributed by atoms with Crippen molar-refractivity contribution in [3.05, 3.63) is 24.3 Å². The maximum absolute atomic E-state index is 11.4. The molecular weight excluding hydrogens is 443 g/mol. The highest BCUT2D eigenvalue weighted by molar-refractivity contribution is 5.92. The van der Waals surface area contributed by atoms with Gasteiger partial charge in [-0.3, -0.25) is 9.80 Å². The molecular formula is C18H28Cl2N2O8. The molecule has 0 bridgehead atoms. The molecule has 12 heteroatoms. The molecule has 1 aliphatic heterocycles. The molecule has 0 aromatic rings. The summed E-state index contributed by atoms with van der Waals surface area (Å²) in [6, 6.07) is 0. The lowest BCUT2D eigenvalue weighted by atomic mass is 10.3. The number of ether oxygens (including phenoxy) is 4. The lowest BCUT2D eigenvalue weighted by Gasteiger charge is -2.34. The first-order chi connectivity index (χ1) is 13.4. The summed E-state index contributed by atoms with van der Waals surface area (Å²) >= 11 is 0. The fourth-order valence-electron chi connectivity index (χ4n) is 2.29. The van der Waals surface area contributed by atoms with E-state index in [1.807, 2.05) is 0 Å². The van der Waals surface area contributed by atoms with Crippen molar-refractivity contribution in [3.63, 3.8) is 0 Å². The third-order valence-corrected chi connectivity index (χ3v) is 3.88. The summed E-state index contributed by atoms with van der Waals surface area (Å²) in [6.45, 7) is 4.84. The molecule has 172 valence electrons. The van der Waals surface area contributed by atoms with Crippen LogP contribution in [-0.4, -0.2) is 100 Å². The monoisotopic (exact) mass is 470 g/mol. The Bertz CT molecular complexity index is 553. The summed E-state index contributed by atoms with van der Waals surface area (Å²) in [6.07, 6.45) is 4.09. The van der Waals surface area contributed by atoms with Gasteiger partial charge in [0.1, 0.15) is 13.2 Å². The minimum atomic E-state index is -0.613. The second-order valence-electron chi connectivity index (χ2n) is 5.73. The van der Waals surface area contributed by atoms with Crippen LogP contribution in [0.15, 0.2) is 24.3 Å². The molecule has 0 unspecified atom stereocenters. The largest absolute Gasteiger partial charge is 0.466 e. The Morgan fingerprint density at radius 3 is 1.23 bits per heavy atom. The molecule has 0 spiro atoms. The first kappa shape index (κ1) is 30.1. The van der Waals surface area contributed by atoms with Gasteiger partial charge < -0.3 is 18.9 Å². The topological polar surface area (TPSA) is 112 Å². The van der Waals surface area contributed by atoms with E-state index in [4.69, 9.17) is 9.47 Å². The van der Waals surface area contributed by atoms with Gasteiger partial charge in [0.05, 0.1) is 14.2 Å². The van der Waals surface area contributed by atoms with E-state index in [1.165, 1.54) is 14.2 Å². The van der Waals surface area contributed by atoms with Crippen LogP contribution in [0.2, 0.25) is 0 Å². The van der Waals surface area contributed by atoms with Gasteiger partial charge in [0, 0.05) is 63.6 Å². The summed E-state index contributed by atoms with van der Waals surface area (Å²) in [7, 11) is 2.45. The summed E-state index contributed by atoms with van der Waals surface area (Å²) in [5, 5.41) is 0. The number of hydrogen-bond acceptors (Lipinski definition) is 10. The molecule has 1 fully saturated rings. The van der Waals surface area contributed by atoms with Crippen molar-refractivity contribution >= 4 is 48.7 Å². The van der Waals surface area contributed by atoms with Gasteiger partial charge in [0.25, 0.3) is 0 Å². The Morgan fingerprint density at radius 2 is 0.933 bits per heavy atom. The van der Waals surface area contributed by atoms with Gasteiger partial charge in [0.2, 0.25) is 0 Å². The molecule has 0 N–H and O–H groups in total. The van der Waals surface area contributed by atoms with Crippen LogP contribution in [-0.2, 0) is 38.1 Å². The van der Waals surface area contributed by atoms with Crippen LogP contribution in [0.3, 0.4) is 0 Å². The predicted molar refractivity (Wildman–Crippen MR) is 112 cm³/mol. The number of hydrogen-bond donors (Lipinski definition) is 0. The predicted octanol–water partition coefficient (Wildman–Crippen LogP) is -0.00760. The summed E-state index contributed by atoms with van der Waals surface area (Å²) in [4.78, 5) is 48.9. The number of nitrogens with zero attached hydrogens (tertiary/aromatic N) is 2. The minimum absolute atomic E-state index is 0. The van der Waals surface area contributed by atoms with E-state index in [9.17, 15) is 19.2 Å². The van der Waals surface area contributed by atoms with E-state index < -0.39 is 23.9 Å². The molecule has 0 saturated carbocycles. The number of methoxy groups -OCH3 is 2. The molecule has 1 rings (SSSR count). The van der Waals surface area contributed by atoms with Crippen molar-refractivity contribution in [1.29, 1.82) is 0 Å². The van der Waals surface area contributed by atoms with Gasteiger partial charge in [-0.05, 0) is 0 Å². The minimum Gasteiger partial charge on any atom is -0.466 e. The van der Waals surface area contributed by atoms with Gasteiger partial charge in [0.15, 0.2) is 0 Å². The Labute approximate surface area is 187 Å². The second-order valence-corrected chi connectivity index (χ2v) is 5.73. The van der Waals surface area contributed by atoms with Crippen molar-refractivity contribution in [2.24, 2.45) is 0 Å². The zero-order chi connectivity index (χ0) is 20.8. The molecule has 30 heavy (non-hydrogen) atoms. The zero-order valence-electron chi connectivity index (χ0n) is 16.9. The standard InChI is InChI=1S/C18H26N2O8.2ClH/c1-25-15(21)3-5-17(23)27-13-11-19-7-9-20(10-8-19)12-14-28-18(24)6-4-16(22)26-2;;/h3-6H,7-14H2,1-2H3;2*1H/b5-3+,6-4?;;. The van der Waals surface area contributed by atoms with Gasteiger partial charge in [-0.25, -0.2) is 19.2 Å². The number of halogens is 2. The van der Waals surface area contributed by atoms with Crippen LogP contribution >= 0.6 is 24.8 Å². The summed E-state index contributed by atoms with van der Waals surface area (Å²) < 4.78 is 18.8.